The Kier molecular flexibility index (Phi) is 7.15. The maximum absolute atomic E-state index is 5.60. The topological polar surface area (TPSA) is 9.23 Å². The maximum atomic E-state index is 5.60. The van der Waals surface area contributed by atoms with Gasteiger partial charge in [-0.25, -0.2) is 0 Å². The summed E-state index contributed by atoms with van der Waals surface area (Å²) in [5, 5.41) is 0. The molecule has 0 unspecified atom stereocenters. The fourth-order valence-corrected chi connectivity index (χ4v) is 2.16. The number of ether oxygens (including phenoxy) is 1. The maximum Gasteiger partial charge on any atom is 0.0716 e. The van der Waals surface area contributed by atoms with Crippen LogP contribution in [0.4, 0.5) is 0 Å². The average Bonchev–Trinajstić information content (AvgIpc) is 2.39. The Morgan fingerprint density at radius 2 is 1.84 bits per heavy atom. The normalized spacial score (nSPS) is 11.8. The molecule has 1 heteroatoms. The van der Waals surface area contributed by atoms with Gasteiger partial charge in [0, 0.05) is 6.61 Å². The van der Waals surface area contributed by atoms with Crippen molar-refractivity contribution in [2.45, 2.75) is 66.4 Å². The van der Waals surface area contributed by atoms with E-state index in [0.29, 0.717) is 5.41 Å². The zero-order valence-electron chi connectivity index (χ0n) is 13.2. The molecule has 1 rings (SSSR count). The molecular formula is C18H30O. The molecule has 0 saturated carbocycles. The summed E-state index contributed by atoms with van der Waals surface area (Å²) in [6.07, 6.45) is 6.12. The quantitative estimate of drug-likeness (QED) is 0.543. The van der Waals surface area contributed by atoms with E-state index in [1.54, 1.807) is 0 Å². The molecular weight excluding hydrogens is 232 g/mol. The van der Waals surface area contributed by atoms with E-state index in [1.807, 2.05) is 0 Å². The minimum atomic E-state index is 0.488. The predicted octanol–water partition coefficient (Wildman–Crippen LogP) is 5.37. The van der Waals surface area contributed by atoms with Gasteiger partial charge in [0.1, 0.15) is 0 Å². The van der Waals surface area contributed by atoms with Gasteiger partial charge in [0.2, 0.25) is 0 Å². The van der Waals surface area contributed by atoms with Crippen LogP contribution >= 0.6 is 0 Å². The molecule has 108 valence electrons. The van der Waals surface area contributed by atoms with E-state index in [-0.39, 0.29) is 0 Å². The van der Waals surface area contributed by atoms with Crippen molar-refractivity contribution in [2.75, 3.05) is 6.61 Å². The van der Waals surface area contributed by atoms with Crippen LogP contribution in [-0.4, -0.2) is 6.61 Å². The van der Waals surface area contributed by atoms with Gasteiger partial charge in [0.15, 0.2) is 0 Å². The van der Waals surface area contributed by atoms with Crippen molar-refractivity contribution in [3.05, 3.63) is 35.4 Å². The molecule has 19 heavy (non-hydrogen) atoms. The molecule has 0 amide bonds. The molecule has 0 heterocycles. The number of rotatable bonds is 9. The Bertz CT molecular complexity index is 354. The Balaban J connectivity index is 2.39. The molecule has 0 N–H and O–H groups in total. The molecule has 0 spiro atoms. The third-order valence-electron chi connectivity index (χ3n) is 3.88. The van der Waals surface area contributed by atoms with Gasteiger partial charge in [-0.05, 0) is 42.2 Å². The van der Waals surface area contributed by atoms with Crippen LogP contribution in [0.25, 0.3) is 0 Å². The number of aryl methyl sites for hydroxylation is 1. The Labute approximate surface area is 119 Å². The zero-order valence-corrected chi connectivity index (χ0v) is 13.2. The Hall–Kier alpha value is -0.820. The first kappa shape index (κ1) is 16.2. The van der Waals surface area contributed by atoms with Crippen LogP contribution < -0.4 is 0 Å². The molecule has 0 aliphatic carbocycles. The van der Waals surface area contributed by atoms with Crippen molar-refractivity contribution in [2.24, 2.45) is 5.41 Å². The Morgan fingerprint density at radius 3 is 2.53 bits per heavy atom. The van der Waals surface area contributed by atoms with Gasteiger partial charge in [0.05, 0.1) is 6.61 Å². The highest BCUT2D eigenvalue weighted by atomic mass is 16.5. The molecule has 1 aromatic carbocycles. The molecule has 1 aromatic rings. The highest BCUT2D eigenvalue weighted by molar-refractivity contribution is 5.23. The Morgan fingerprint density at radius 1 is 1.11 bits per heavy atom. The van der Waals surface area contributed by atoms with E-state index in [1.165, 1.54) is 36.8 Å². The molecule has 0 aliphatic heterocycles. The van der Waals surface area contributed by atoms with Gasteiger partial charge in [0.25, 0.3) is 0 Å². The summed E-state index contributed by atoms with van der Waals surface area (Å²) >= 11 is 0. The summed E-state index contributed by atoms with van der Waals surface area (Å²) < 4.78 is 5.60. The minimum Gasteiger partial charge on any atom is -0.377 e. The van der Waals surface area contributed by atoms with Crippen molar-refractivity contribution in [1.82, 2.24) is 0 Å². The summed E-state index contributed by atoms with van der Waals surface area (Å²) in [6, 6.07) is 8.86. The standard InChI is InChI=1S/C18H30O/c1-5-13-19-15-17-10-7-9-16(14-17)11-8-12-18(3,4)6-2/h7,9-10,14H,5-6,8,11-13,15H2,1-4H3. The second-order valence-corrected chi connectivity index (χ2v) is 6.24. The van der Waals surface area contributed by atoms with Gasteiger partial charge >= 0.3 is 0 Å². The van der Waals surface area contributed by atoms with E-state index < -0.39 is 0 Å². The first-order valence-corrected chi connectivity index (χ1v) is 7.73. The van der Waals surface area contributed by atoms with Crippen molar-refractivity contribution < 1.29 is 4.74 Å². The van der Waals surface area contributed by atoms with Crippen LogP contribution in [0.1, 0.15) is 64.5 Å². The van der Waals surface area contributed by atoms with Crippen LogP contribution in [0, 0.1) is 5.41 Å². The largest absolute Gasteiger partial charge is 0.377 e. The van der Waals surface area contributed by atoms with Gasteiger partial charge in [-0.2, -0.15) is 0 Å². The van der Waals surface area contributed by atoms with Crippen LogP contribution in [0.15, 0.2) is 24.3 Å². The van der Waals surface area contributed by atoms with Gasteiger partial charge < -0.3 is 4.74 Å². The first-order valence-electron chi connectivity index (χ1n) is 7.73. The van der Waals surface area contributed by atoms with E-state index >= 15 is 0 Å². The summed E-state index contributed by atoms with van der Waals surface area (Å²) in [5.41, 5.74) is 3.24. The SMILES string of the molecule is CCCOCc1cccc(CCCC(C)(C)CC)c1. The fraction of sp³-hybridized carbons (Fsp3) is 0.667. The summed E-state index contributed by atoms with van der Waals surface area (Å²) in [4.78, 5) is 0. The zero-order chi connectivity index (χ0) is 14.1. The second kappa shape index (κ2) is 8.37. The predicted molar refractivity (Wildman–Crippen MR) is 83.4 cm³/mol. The lowest BCUT2D eigenvalue weighted by molar-refractivity contribution is 0.121. The molecule has 0 aromatic heterocycles. The van der Waals surface area contributed by atoms with Crippen molar-refractivity contribution in [3.8, 4) is 0 Å². The lowest BCUT2D eigenvalue weighted by Crippen LogP contribution is -2.09. The monoisotopic (exact) mass is 262 g/mol. The van der Waals surface area contributed by atoms with E-state index in [2.05, 4.69) is 52.0 Å². The van der Waals surface area contributed by atoms with E-state index in [0.717, 1.165) is 19.6 Å². The summed E-state index contributed by atoms with van der Waals surface area (Å²) in [5.74, 6) is 0. The number of hydrogen-bond acceptors (Lipinski definition) is 1. The molecule has 0 saturated heterocycles. The highest BCUT2D eigenvalue weighted by Crippen LogP contribution is 2.26. The number of hydrogen-bond donors (Lipinski definition) is 0. The molecule has 0 radical (unpaired) electrons. The van der Waals surface area contributed by atoms with Crippen LogP contribution in [0.3, 0.4) is 0 Å². The van der Waals surface area contributed by atoms with Crippen molar-refractivity contribution in [1.29, 1.82) is 0 Å². The van der Waals surface area contributed by atoms with E-state index in [9.17, 15) is 0 Å². The van der Waals surface area contributed by atoms with Crippen molar-refractivity contribution >= 4 is 0 Å². The third kappa shape index (κ3) is 6.77. The van der Waals surface area contributed by atoms with E-state index in [4.69, 9.17) is 4.74 Å². The lowest BCUT2D eigenvalue weighted by Gasteiger charge is -2.22. The van der Waals surface area contributed by atoms with Gasteiger partial charge in [-0.1, -0.05) is 58.4 Å². The van der Waals surface area contributed by atoms with Crippen LogP contribution in [0.2, 0.25) is 0 Å². The fourth-order valence-electron chi connectivity index (χ4n) is 2.16. The van der Waals surface area contributed by atoms with Gasteiger partial charge in [-0.15, -0.1) is 0 Å². The molecule has 1 nitrogen and oxygen atoms in total. The molecule has 0 fully saturated rings. The van der Waals surface area contributed by atoms with Crippen LogP contribution in [0.5, 0.6) is 0 Å². The minimum absolute atomic E-state index is 0.488. The molecule has 0 atom stereocenters. The first-order chi connectivity index (χ1) is 9.07. The lowest BCUT2D eigenvalue weighted by atomic mass is 9.84. The third-order valence-corrected chi connectivity index (χ3v) is 3.88. The average molecular weight is 262 g/mol. The number of benzene rings is 1. The van der Waals surface area contributed by atoms with Crippen LogP contribution in [-0.2, 0) is 17.8 Å². The molecule has 0 bridgehead atoms. The van der Waals surface area contributed by atoms with Gasteiger partial charge in [-0.3, -0.25) is 0 Å². The smallest absolute Gasteiger partial charge is 0.0716 e. The van der Waals surface area contributed by atoms with Crippen molar-refractivity contribution in [3.63, 3.8) is 0 Å². The molecule has 0 aliphatic rings. The summed E-state index contributed by atoms with van der Waals surface area (Å²) in [7, 11) is 0. The summed E-state index contributed by atoms with van der Waals surface area (Å²) in [6.45, 7) is 10.8. The second-order valence-electron chi connectivity index (χ2n) is 6.24. The highest BCUT2D eigenvalue weighted by Gasteiger charge is 2.13.